The summed E-state index contributed by atoms with van der Waals surface area (Å²) in [6.07, 6.45) is 8.08. The fourth-order valence-electron chi connectivity index (χ4n) is 0.461. The summed E-state index contributed by atoms with van der Waals surface area (Å²) in [7, 11) is 0. The zero-order valence-electron chi connectivity index (χ0n) is 5.36. The summed E-state index contributed by atoms with van der Waals surface area (Å²) in [5, 5.41) is 1.50. The molecule has 1 heterocycles. The van der Waals surface area contributed by atoms with Gasteiger partial charge >= 0.3 is 83.8 Å². The Balaban J connectivity index is 2.26. The number of hydrogen-bond donors (Lipinski definition) is 0. The fraction of sp³-hybridized carbons (Fsp3) is 0.333. The molecule has 0 saturated heterocycles. The maximum atomic E-state index is 2.38. The summed E-state index contributed by atoms with van der Waals surface area (Å²) in [5.41, 5.74) is 0. The van der Waals surface area contributed by atoms with Crippen LogP contribution in [0.4, 0.5) is 0 Å². The Morgan fingerprint density at radius 2 is 2.10 bits per heavy atom. The van der Waals surface area contributed by atoms with Gasteiger partial charge in [-0.1, -0.05) is 0 Å². The van der Waals surface area contributed by atoms with Gasteiger partial charge in [-0.15, -0.1) is 0 Å². The van der Waals surface area contributed by atoms with E-state index in [0.717, 1.165) is 48.9 Å². The van der Waals surface area contributed by atoms with Gasteiger partial charge in [0.2, 0.25) is 0 Å². The van der Waals surface area contributed by atoms with E-state index < -0.39 is 0 Å². The minimum absolute atomic E-state index is 0.885. The molecule has 0 aromatic carbocycles. The van der Waals surface area contributed by atoms with Crippen molar-refractivity contribution in [1.82, 2.24) is 0 Å². The molecule has 56 valence electrons. The average Bonchev–Trinajstić information content (AvgIpc) is 2.01. The Kier molecular flexibility index (Phi) is 6.96. The molecule has 10 heavy (non-hydrogen) atoms. The van der Waals surface area contributed by atoms with Gasteiger partial charge in [0.15, 0.2) is 0 Å². The van der Waals surface area contributed by atoms with Crippen LogP contribution in [-0.2, 0) is 0 Å². The van der Waals surface area contributed by atoms with E-state index in [1.165, 1.54) is 11.7 Å². The van der Waals surface area contributed by atoms with Crippen LogP contribution in [-0.4, -0.2) is 48.9 Å². The van der Waals surface area contributed by atoms with Crippen molar-refractivity contribution >= 4 is 48.9 Å². The second kappa shape index (κ2) is 7.22. The predicted octanol–water partition coefficient (Wildman–Crippen LogP) is 0.440. The van der Waals surface area contributed by atoms with Crippen molar-refractivity contribution in [2.45, 2.75) is 11.7 Å². The molecule has 0 bridgehead atoms. The van der Waals surface area contributed by atoms with E-state index in [9.17, 15) is 0 Å². The van der Waals surface area contributed by atoms with E-state index in [2.05, 4.69) is 23.2 Å². The van der Waals surface area contributed by atoms with Crippen LogP contribution >= 0.6 is 0 Å². The van der Waals surface area contributed by atoms with E-state index in [1.54, 1.807) is 0 Å². The van der Waals surface area contributed by atoms with Crippen LogP contribution in [0.15, 0.2) is 23.2 Å². The third-order valence-corrected chi connectivity index (χ3v) is 37.7. The van der Waals surface area contributed by atoms with E-state index in [1.807, 2.05) is 0 Å². The third kappa shape index (κ3) is 5.24. The van der Waals surface area contributed by atoms with E-state index in [4.69, 9.17) is 0 Å². The molecule has 0 spiro atoms. The third-order valence-electron chi connectivity index (χ3n) is 0.864. The van der Waals surface area contributed by atoms with Crippen molar-refractivity contribution in [1.29, 1.82) is 0 Å². The molecule has 0 nitrogen and oxygen atoms in total. The van der Waals surface area contributed by atoms with Gasteiger partial charge in [-0.3, -0.25) is 0 Å². The second-order valence-electron chi connectivity index (χ2n) is 1.60. The summed E-state index contributed by atoms with van der Waals surface area (Å²) in [6, 6.07) is 0. The first-order chi connectivity index (χ1) is 5.00. The normalized spacial score (nSPS) is 20.8. The van der Waals surface area contributed by atoms with Gasteiger partial charge in [0.05, 0.1) is 0 Å². The summed E-state index contributed by atoms with van der Waals surface area (Å²) in [5.74, 6) is 0. The molecular formula is C6H8Se4. The van der Waals surface area contributed by atoms with Crippen LogP contribution in [0.1, 0.15) is 6.42 Å². The molecule has 4 heteroatoms. The molecule has 0 unspecified atom stereocenters. The van der Waals surface area contributed by atoms with Crippen LogP contribution in [0, 0.1) is 0 Å². The summed E-state index contributed by atoms with van der Waals surface area (Å²) < 4.78 is 0. The van der Waals surface area contributed by atoms with Crippen LogP contribution < -0.4 is 0 Å². The van der Waals surface area contributed by atoms with Gasteiger partial charge in [0, 0.05) is 0 Å². The summed E-state index contributed by atoms with van der Waals surface area (Å²) >= 11 is 4.04. The SMILES string of the molecule is C1=CCC[Se][Se][Se][Se]C=C1. The van der Waals surface area contributed by atoms with Gasteiger partial charge in [-0.2, -0.15) is 0 Å². The molecule has 0 fully saturated rings. The summed E-state index contributed by atoms with van der Waals surface area (Å²) in [4.78, 5) is 2.38. The Hall–Kier alpha value is 1.56. The predicted molar refractivity (Wildman–Crippen MR) is 50.7 cm³/mol. The van der Waals surface area contributed by atoms with Gasteiger partial charge in [-0.05, 0) is 0 Å². The van der Waals surface area contributed by atoms with Crippen molar-refractivity contribution in [3.63, 3.8) is 0 Å². The number of hydrogen-bond acceptors (Lipinski definition) is 0. The molecule has 0 aromatic rings. The van der Waals surface area contributed by atoms with E-state index in [-0.39, 0.29) is 0 Å². The molecule has 0 aliphatic carbocycles. The van der Waals surface area contributed by atoms with Crippen molar-refractivity contribution in [2.75, 3.05) is 0 Å². The van der Waals surface area contributed by atoms with Crippen LogP contribution in [0.3, 0.4) is 0 Å². The monoisotopic (exact) mass is 400 g/mol. The maximum absolute atomic E-state index is 2.38. The van der Waals surface area contributed by atoms with Crippen LogP contribution in [0.25, 0.3) is 0 Å². The number of rotatable bonds is 0. The average molecular weight is 396 g/mol. The molecule has 0 radical (unpaired) electrons. The van der Waals surface area contributed by atoms with E-state index >= 15 is 0 Å². The Bertz CT molecular complexity index is 114. The zero-order valence-corrected chi connectivity index (χ0v) is 12.2. The van der Waals surface area contributed by atoms with Gasteiger partial charge < -0.3 is 0 Å². The molecular weight excluding hydrogens is 388 g/mol. The van der Waals surface area contributed by atoms with Crippen molar-refractivity contribution in [3.05, 3.63) is 23.2 Å². The Morgan fingerprint density at radius 1 is 1.10 bits per heavy atom. The molecule has 1 aliphatic heterocycles. The van der Waals surface area contributed by atoms with Gasteiger partial charge in [0.1, 0.15) is 0 Å². The Morgan fingerprint density at radius 3 is 3.10 bits per heavy atom. The van der Waals surface area contributed by atoms with Crippen LogP contribution in [0.2, 0.25) is 5.32 Å². The molecule has 1 aliphatic rings. The first kappa shape index (κ1) is 9.64. The number of allylic oxidation sites excluding steroid dienone is 3. The fourth-order valence-corrected chi connectivity index (χ4v) is 36.9. The topological polar surface area (TPSA) is 0 Å². The summed E-state index contributed by atoms with van der Waals surface area (Å²) in [6.45, 7) is 0. The molecule has 0 saturated carbocycles. The van der Waals surface area contributed by atoms with Gasteiger partial charge in [0.25, 0.3) is 0 Å². The first-order valence-corrected chi connectivity index (χ1v) is 18.1. The van der Waals surface area contributed by atoms with Crippen molar-refractivity contribution in [2.24, 2.45) is 0 Å². The minimum atomic E-state index is 0.885. The molecule has 0 amide bonds. The molecule has 0 N–H and O–H groups in total. The molecule has 0 atom stereocenters. The standard InChI is InChI=1S/C6H8Se4/c1-2-4-6-8-10-9-7-5-3-1/h1-3,5H,4,6H2. The van der Waals surface area contributed by atoms with Crippen molar-refractivity contribution in [3.8, 4) is 0 Å². The molecule has 0 aromatic heterocycles. The zero-order chi connectivity index (χ0) is 7.07. The van der Waals surface area contributed by atoms with Crippen molar-refractivity contribution < 1.29 is 0 Å². The van der Waals surface area contributed by atoms with Gasteiger partial charge in [-0.25, -0.2) is 0 Å². The first-order valence-electron chi connectivity index (χ1n) is 2.93. The Labute approximate surface area is 83.0 Å². The molecule has 1 rings (SSSR count). The van der Waals surface area contributed by atoms with Crippen LogP contribution in [0.5, 0.6) is 0 Å². The quantitative estimate of drug-likeness (QED) is 0.522. The second-order valence-corrected chi connectivity index (χ2v) is 27.5. The van der Waals surface area contributed by atoms with E-state index in [0.29, 0.717) is 0 Å².